The van der Waals surface area contributed by atoms with Gasteiger partial charge in [0, 0.05) is 0 Å². The van der Waals surface area contributed by atoms with E-state index >= 15 is 0 Å². The minimum Gasteiger partial charge on any atom is -0.480 e. The SMILES string of the molecule is CCCC[C@H](NC(=O)c1ccc(C(C)=O)s1)C(=O)O. The van der Waals surface area contributed by atoms with Crippen LogP contribution in [0.3, 0.4) is 0 Å². The topological polar surface area (TPSA) is 83.5 Å². The summed E-state index contributed by atoms with van der Waals surface area (Å²) in [6.45, 7) is 3.38. The molecule has 0 saturated carbocycles. The van der Waals surface area contributed by atoms with E-state index in [1.165, 1.54) is 13.0 Å². The zero-order chi connectivity index (χ0) is 14.4. The summed E-state index contributed by atoms with van der Waals surface area (Å²) in [6, 6.07) is 2.23. The molecule has 0 saturated heterocycles. The van der Waals surface area contributed by atoms with E-state index in [2.05, 4.69) is 5.32 Å². The van der Waals surface area contributed by atoms with Crippen LogP contribution in [-0.4, -0.2) is 28.8 Å². The molecule has 0 aromatic carbocycles. The summed E-state index contributed by atoms with van der Waals surface area (Å²) in [7, 11) is 0. The first-order valence-electron chi connectivity index (χ1n) is 6.10. The van der Waals surface area contributed by atoms with Crippen LogP contribution < -0.4 is 5.32 Å². The number of carbonyl (C=O) groups is 3. The van der Waals surface area contributed by atoms with Crippen molar-refractivity contribution < 1.29 is 19.5 Å². The normalized spacial score (nSPS) is 11.9. The van der Waals surface area contributed by atoms with Gasteiger partial charge >= 0.3 is 5.97 Å². The lowest BCUT2D eigenvalue weighted by molar-refractivity contribution is -0.139. The Labute approximate surface area is 115 Å². The Bertz CT molecular complexity index is 481. The zero-order valence-electron chi connectivity index (χ0n) is 10.9. The molecular weight excluding hydrogens is 266 g/mol. The second kappa shape index (κ2) is 7.04. The van der Waals surface area contributed by atoms with Gasteiger partial charge in [-0.1, -0.05) is 19.8 Å². The number of rotatable bonds is 7. The van der Waals surface area contributed by atoms with Gasteiger partial charge in [-0.25, -0.2) is 4.79 Å². The molecule has 1 amide bonds. The van der Waals surface area contributed by atoms with Crippen LogP contribution in [0.4, 0.5) is 0 Å². The average Bonchev–Trinajstić information content (AvgIpc) is 2.83. The summed E-state index contributed by atoms with van der Waals surface area (Å²) in [6.07, 6.45) is 2.01. The predicted octanol–water partition coefficient (Wildman–Crippen LogP) is 2.32. The Balaban J connectivity index is 2.70. The summed E-state index contributed by atoms with van der Waals surface area (Å²) in [4.78, 5) is 34.9. The molecule has 0 aliphatic carbocycles. The number of carboxylic acid groups (broad SMARTS) is 1. The molecule has 0 radical (unpaired) electrons. The maximum absolute atomic E-state index is 11.9. The zero-order valence-corrected chi connectivity index (χ0v) is 11.8. The highest BCUT2D eigenvalue weighted by atomic mass is 32.1. The molecule has 1 aromatic rings. The fraction of sp³-hybridized carbons (Fsp3) is 0.462. The summed E-state index contributed by atoms with van der Waals surface area (Å²) in [5.41, 5.74) is 0. The number of carbonyl (C=O) groups excluding carboxylic acids is 2. The van der Waals surface area contributed by atoms with Gasteiger partial charge in [-0.05, 0) is 25.5 Å². The highest BCUT2D eigenvalue weighted by molar-refractivity contribution is 7.15. The molecular formula is C13H17NO4S. The fourth-order valence-electron chi connectivity index (χ4n) is 1.54. The lowest BCUT2D eigenvalue weighted by Gasteiger charge is -2.13. The van der Waals surface area contributed by atoms with Gasteiger partial charge in [-0.3, -0.25) is 9.59 Å². The van der Waals surface area contributed by atoms with Crippen molar-refractivity contribution in [2.45, 2.75) is 39.2 Å². The first-order chi connectivity index (χ1) is 8.95. The van der Waals surface area contributed by atoms with Gasteiger partial charge in [0.2, 0.25) is 0 Å². The summed E-state index contributed by atoms with van der Waals surface area (Å²) >= 11 is 1.07. The average molecular weight is 283 g/mol. The Morgan fingerprint density at radius 3 is 2.42 bits per heavy atom. The van der Waals surface area contributed by atoms with Crippen LogP contribution in [0.15, 0.2) is 12.1 Å². The van der Waals surface area contributed by atoms with E-state index in [-0.39, 0.29) is 5.78 Å². The Kier molecular flexibility index (Phi) is 5.69. The standard InChI is InChI=1S/C13H17NO4S/c1-3-4-5-9(13(17)18)14-12(16)11-7-6-10(19-11)8(2)15/h6-7,9H,3-5H2,1-2H3,(H,14,16)(H,17,18)/t9-/m0/s1. The van der Waals surface area contributed by atoms with Crippen LogP contribution in [0.5, 0.6) is 0 Å². The van der Waals surface area contributed by atoms with Gasteiger partial charge in [-0.15, -0.1) is 11.3 Å². The number of thiophene rings is 1. The van der Waals surface area contributed by atoms with Gasteiger partial charge in [-0.2, -0.15) is 0 Å². The highest BCUT2D eigenvalue weighted by Gasteiger charge is 2.21. The van der Waals surface area contributed by atoms with Crippen molar-refractivity contribution in [3.63, 3.8) is 0 Å². The third kappa shape index (κ3) is 4.48. The second-order valence-electron chi connectivity index (χ2n) is 4.23. The van der Waals surface area contributed by atoms with Gasteiger partial charge < -0.3 is 10.4 Å². The molecule has 1 aromatic heterocycles. The first kappa shape index (κ1) is 15.4. The van der Waals surface area contributed by atoms with Crippen molar-refractivity contribution >= 4 is 29.0 Å². The maximum atomic E-state index is 11.9. The third-order valence-corrected chi connectivity index (χ3v) is 3.81. The number of aliphatic carboxylic acids is 1. The molecule has 0 aliphatic heterocycles. The van der Waals surface area contributed by atoms with E-state index in [1.54, 1.807) is 6.07 Å². The van der Waals surface area contributed by atoms with Gasteiger partial charge in [0.05, 0.1) is 9.75 Å². The Morgan fingerprint density at radius 1 is 1.32 bits per heavy atom. The molecule has 19 heavy (non-hydrogen) atoms. The highest BCUT2D eigenvalue weighted by Crippen LogP contribution is 2.17. The van der Waals surface area contributed by atoms with E-state index in [1.807, 2.05) is 6.92 Å². The molecule has 0 aliphatic rings. The monoisotopic (exact) mass is 283 g/mol. The number of amides is 1. The molecule has 0 spiro atoms. The third-order valence-electron chi connectivity index (χ3n) is 2.63. The lowest BCUT2D eigenvalue weighted by atomic mass is 10.1. The Hall–Kier alpha value is -1.69. The molecule has 0 unspecified atom stereocenters. The number of hydrogen-bond donors (Lipinski definition) is 2. The Morgan fingerprint density at radius 2 is 1.95 bits per heavy atom. The minimum absolute atomic E-state index is 0.107. The number of hydrogen-bond acceptors (Lipinski definition) is 4. The molecule has 0 fully saturated rings. The van der Waals surface area contributed by atoms with Crippen LogP contribution in [0.1, 0.15) is 52.5 Å². The van der Waals surface area contributed by atoms with Crippen LogP contribution in [0.25, 0.3) is 0 Å². The largest absolute Gasteiger partial charge is 0.480 e. The smallest absolute Gasteiger partial charge is 0.326 e. The van der Waals surface area contributed by atoms with Crippen molar-refractivity contribution in [1.29, 1.82) is 0 Å². The molecule has 2 N–H and O–H groups in total. The second-order valence-corrected chi connectivity index (χ2v) is 5.31. The molecule has 1 heterocycles. The number of nitrogens with one attached hydrogen (secondary N) is 1. The molecule has 104 valence electrons. The van der Waals surface area contributed by atoms with Crippen molar-refractivity contribution in [2.75, 3.05) is 0 Å². The predicted molar refractivity (Wildman–Crippen MR) is 72.7 cm³/mol. The van der Waals surface area contributed by atoms with Crippen LogP contribution in [-0.2, 0) is 4.79 Å². The molecule has 6 heteroatoms. The summed E-state index contributed by atoms with van der Waals surface area (Å²) in [5, 5.41) is 11.5. The quantitative estimate of drug-likeness (QED) is 0.752. The number of carboxylic acids is 1. The number of ketones is 1. The van der Waals surface area contributed by atoms with Crippen molar-refractivity contribution in [1.82, 2.24) is 5.32 Å². The molecule has 0 bridgehead atoms. The molecule has 1 atom stereocenters. The van der Waals surface area contributed by atoms with Gasteiger partial charge in [0.25, 0.3) is 5.91 Å². The van der Waals surface area contributed by atoms with E-state index in [0.717, 1.165) is 24.2 Å². The van der Waals surface area contributed by atoms with Crippen LogP contribution >= 0.6 is 11.3 Å². The number of Topliss-reactive ketones (excluding diaryl/α,β-unsaturated/α-hetero) is 1. The molecule has 5 nitrogen and oxygen atoms in total. The lowest BCUT2D eigenvalue weighted by Crippen LogP contribution is -2.40. The maximum Gasteiger partial charge on any atom is 0.326 e. The van der Waals surface area contributed by atoms with Crippen LogP contribution in [0, 0.1) is 0 Å². The molecule has 1 rings (SSSR count). The van der Waals surface area contributed by atoms with Gasteiger partial charge in [0.1, 0.15) is 6.04 Å². The van der Waals surface area contributed by atoms with E-state index in [9.17, 15) is 14.4 Å². The van der Waals surface area contributed by atoms with Crippen molar-refractivity contribution in [3.05, 3.63) is 21.9 Å². The van der Waals surface area contributed by atoms with Crippen molar-refractivity contribution in [3.8, 4) is 0 Å². The summed E-state index contributed by atoms with van der Waals surface area (Å²) in [5.74, 6) is -1.59. The van der Waals surface area contributed by atoms with Gasteiger partial charge in [0.15, 0.2) is 5.78 Å². The van der Waals surface area contributed by atoms with Crippen LogP contribution in [0.2, 0.25) is 0 Å². The summed E-state index contributed by atoms with van der Waals surface area (Å²) < 4.78 is 0. The minimum atomic E-state index is -1.04. The van der Waals surface area contributed by atoms with E-state index in [0.29, 0.717) is 16.2 Å². The van der Waals surface area contributed by atoms with E-state index in [4.69, 9.17) is 5.11 Å². The fourth-order valence-corrected chi connectivity index (χ4v) is 2.35. The number of unbranched alkanes of at least 4 members (excludes halogenated alkanes) is 1. The first-order valence-corrected chi connectivity index (χ1v) is 6.91. The van der Waals surface area contributed by atoms with Crippen molar-refractivity contribution in [2.24, 2.45) is 0 Å². The van der Waals surface area contributed by atoms with E-state index < -0.39 is 17.9 Å².